The molecule has 3 aromatic rings. The van der Waals surface area contributed by atoms with E-state index >= 15 is 0 Å². The van der Waals surface area contributed by atoms with Gasteiger partial charge in [0.1, 0.15) is 11.5 Å². The van der Waals surface area contributed by atoms with Crippen LogP contribution in [0.1, 0.15) is 40.5 Å². The third-order valence-corrected chi connectivity index (χ3v) is 5.14. The molecule has 0 aliphatic carbocycles. The summed E-state index contributed by atoms with van der Waals surface area (Å²) in [5.41, 5.74) is 0. The first-order valence-electron chi connectivity index (χ1n) is 9.82. The van der Waals surface area contributed by atoms with Gasteiger partial charge < -0.3 is 9.47 Å². The van der Waals surface area contributed by atoms with E-state index in [2.05, 4.69) is 15.9 Å². The summed E-state index contributed by atoms with van der Waals surface area (Å²) in [4.78, 5) is 24.9. The van der Waals surface area contributed by atoms with Crippen LogP contribution in [0.3, 0.4) is 0 Å². The monoisotopic (exact) mass is 456 g/mol. The van der Waals surface area contributed by atoms with E-state index in [9.17, 15) is 9.59 Å². The number of halogens is 1. The third-order valence-electron chi connectivity index (χ3n) is 4.48. The quantitative estimate of drug-likeness (QED) is 0.236. The average Bonchev–Trinajstić information content (AvgIpc) is 2.63. The highest BCUT2D eigenvalue weighted by atomic mass is 79.9. The molecule has 0 heterocycles. The van der Waals surface area contributed by atoms with Gasteiger partial charge in [0.05, 0.1) is 0 Å². The van der Waals surface area contributed by atoms with E-state index < -0.39 is 0 Å². The number of hydrogen-bond donors (Lipinski definition) is 0. The Hall–Kier alpha value is -2.40. The van der Waals surface area contributed by atoms with Crippen molar-refractivity contribution in [2.75, 3.05) is 0 Å². The van der Waals surface area contributed by atoms with Gasteiger partial charge in [-0.2, -0.15) is 0 Å². The molecular weight excluding hydrogens is 432 g/mol. The number of ether oxygens (including phenoxy) is 2. The Morgan fingerprint density at radius 2 is 1.24 bits per heavy atom. The van der Waals surface area contributed by atoms with E-state index in [1.807, 2.05) is 70.2 Å². The lowest BCUT2D eigenvalue weighted by molar-refractivity contribution is -0.136. The van der Waals surface area contributed by atoms with Crippen molar-refractivity contribution in [3.8, 4) is 11.5 Å². The summed E-state index contributed by atoms with van der Waals surface area (Å²) in [7, 11) is 0. The molecule has 0 aliphatic heterocycles. The maximum absolute atomic E-state index is 12.5. The van der Waals surface area contributed by atoms with Gasteiger partial charge in [-0.1, -0.05) is 80.0 Å². The second-order valence-corrected chi connectivity index (χ2v) is 8.86. The molecule has 0 atom stereocenters. The van der Waals surface area contributed by atoms with Crippen molar-refractivity contribution in [2.45, 2.75) is 40.5 Å². The van der Waals surface area contributed by atoms with Crippen LogP contribution in [-0.4, -0.2) is 11.9 Å². The smallest absolute Gasteiger partial charge is 0.311 e. The van der Waals surface area contributed by atoms with Crippen LogP contribution in [0, 0.1) is 11.8 Å². The molecule has 0 bridgehead atoms. The molecule has 3 aromatic carbocycles. The molecular formula is C24H25BrO4. The number of benzene rings is 3. The predicted octanol–water partition coefficient (Wildman–Crippen LogP) is 6.66. The molecule has 5 heteroatoms. The zero-order valence-corrected chi connectivity index (χ0v) is 18.7. The normalized spacial score (nSPS) is 11.4. The number of fused-ring (bicyclic) bond motifs is 2. The highest BCUT2D eigenvalue weighted by molar-refractivity contribution is 9.10. The van der Waals surface area contributed by atoms with Crippen molar-refractivity contribution in [3.63, 3.8) is 0 Å². The van der Waals surface area contributed by atoms with Crippen LogP contribution >= 0.6 is 15.9 Å². The standard InChI is InChI=1S/C24H25BrO4/c1-14(2)12-20(26)28-23-16-8-5-6-9-17(16)24(29-21(27)13-15(3)4)22-18(23)10-7-11-19(22)25/h5-11,14-15H,12-13H2,1-4H3. The Bertz CT molecular complexity index is 1070. The highest BCUT2D eigenvalue weighted by Crippen LogP contribution is 2.45. The summed E-state index contributed by atoms with van der Waals surface area (Å²) in [5, 5.41) is 2.91. The van der Waals surface area contributed by atoms with Crippen LogP contribution in [0.5, 0.6) is 11.5 Å². The molecule has 0 aromatic heterocycles. The molecule has 0 aliphatic rings. The lowest BCUT2D eigenvalue weighted by Gasteiger charge is -2.18. The minimum atomic E-state index is -0.285. The zero-order valence-electron chi connectivity index (χ0n) is 17.1. The molecule has 4 nitrogen and oxygen atoms in total. The summed E-state index contributed by atoms with van der Waals surface area (Å²) >= 11 is 3.58. The molecule has 0 saturated carbocycles. The Morgan fingerprint density at radius 1 is 0.759 bits per heavy atom. The topological polar surface area (TPSA) is 52.6 Å². The van der Waals surface area contributed by atoms with Crippen molar-refractivity contribution < 1.29 is 19.1 Å². The molecule has 0 saturated heterocycles. The van der Waals surface area contributed by atoms with Crippen molar-refractivity contribution in [2.24, 2.45) is 11.8 Å². The van der Waals surface area contributed by atoms with Crippen molar-refractivity contribution in [1.82, 2.24) is 0 Å². The second kappa shape index (κ2) is 8.95. The van der Waals surface area contributed by atoms with Gasteiger partial charge in [0.15, 0.2) is 0 Å². The number of esters is 2. The predicted molar refractivity (Wildman–Crippen MR) is 119 cm³/mol. The highest BCUT2D eigenvalue weighted by Gasteiger charge is 2.22. The van der Waals surface area contributed by atoms with Gasteiger partial charge in [-0.15, -0.1) is 0 Å². The fraction of sp³-hybridized carbons (Fsp3) is 0.333. The molecule has 152 valence electrons. The third kappa shape index (κ3) is 4.78. The Morgan fingerprint density at radius 3 is 1.79 bits per heavy atom. The van der Waals surface area contributed by atoms with Crippen molar-refractivity contribution in [1.29, 1.82) is 0 Å². The number of carbonyl (C=O) groups is 2. The van der Waals surface area contributed by atoms with E-state index in [4.69, 9.17) is 9.47 Å². The summed E-state index contributed by atoms with van der Waals surface area (Å²) in [5.74, 6) is 0.800. The first kappa shape index (κ1) is 21.3. The lowest BCUT2D eigenvalue weighted by atomic mass is 10.0. The maximum atomic E-state index is 12.5. The zero-order chi connectivity index (χ0) is 21.1. The number of hydrogen-bond acceptors (Lipinski definition) is 4. The van der Waals surface area contributed by atoms with Crippen molar-refractivity contribution >= 4 is 49.4 Å². The second-order valence-electron chi connectivity index (χ2n) is 8.01. The molecule has 0 spiro atoms. The Kier molecular flexibility index (Phi) is 6.58. The number of carbonyl (C=O) groups excluding carboxylic acids is 2. The average molecular weight is 457 g/mol. The van der Waals surface area contributed by atoms with Gasteiger partial charge in [-0.05, 0) is 17.9 Å². The van der Waals surface area contributed by atoms with Crippen LogP contribution < -0.4 is 9.47 Å². The molecule has 0 N–H and O–H groups in total. The van der Waals surface area contributed by atoms with Crippen LogP contribution in [0.15, 0.2) is 46.9 Å². The maximum Gasteiger partial charge on any atom is 0.311 e. The van der Waals surface area contributed by atoms with E-state index in [1.54, 1.807) is 0 Å². The first-order valence-corrected chi connectivity index (χ1v) is 10.6. The summed E-state index contributed by atoms with van der Waals surface area (Å²) in [6.07, 6.45) is 0.653. The molecule has 0 fully saturated rings. The van der Waals surface area contributed by atoms with E-state index in [-0.39, 0.29) is 23.8 Å². The van der Waals surface area contributed by atoms with Gasteiger partial charge in [0.2, 0.25) is 0 Å². The lowest BCUT2D eigenvalue weighted by Crippen LogP contribution is -2.13. The SMILES string of the molecule is CC(C)CC(=O)Oc1c2ccccc2c(OC(=O)CC(C)C)c2c(Br)cccc12. The van der Waals surface area contributed by atoms with Gasteiger partial charge in [0, 0.05) is 38.9 Å². The summed E-state index contributed by atoms with van der Waals surface area (Å²) < 4.78 is 12.5. The van der Waals surface area contributed by atoms with Gasteiger partial charge in [-0.25, -0.2) is 0 Å². The number of rotatable bonds is 6. The fourth-order valence-corrected chi connectivity index (χ4v) is 3.84. The van der Waals surface area contributed by atoms with Gasteiger partial charge in [-0.3, -0.25) is 9.59 Å². The van der Waals surface area contributed by atoms with Gasteiger partial charge >= 0.3 is 11.9 Å². The van der Waals surface area contributed by atoms with E-state index in [0.717, 1.165) is 26.0 Å². The molecule has 3 rings (SSSR count). The van der Waals surface area contributed by atoms with Crippen LogP contribution in [-0.2, 0) is 9.59 Å². The molecule has 0 radical (unpaired) electrons. The summed E-state index contributed by atoms with van der Waals surface area (Å²) in [6, 6.07) is 13.2. The van der Waals surface area contributed by atoms with E-state index in [1.165, 1.54) is 0 Å². The van der Waals surface area contributed by atoms with Crippen molar-refractivity contribution in [3.05, 3.63) is 46.9 Å². The van der Waals surface area contributed by atoms with Crippen LogP contribution in [0.25, 0.3) is 21.5 Å². The molecule has 29 heavy (non-hydrogen) atoms. The van der Waals surface area contributed by atoms with Crippen LogP contribution in [0.4, 0.5) is 0 Å². The Balaban J connectivity index is 2.25. The van der Waals surface area contributed by atoms with Crippen LogP contribution in [0.2, 0.25) is 0 Å². The van der Waals surface area contributed by atoms with Gasteiger partial charge in [0.25, 0.3) is 0 Å². The molecule has 0 unspecified atom stereocenters. The minimum absolute atomic E-state index is 0.194. The van der Waals surface area contributed by atoms with E-state index in [0.29, 0.717) is 24.3 Å². The Labute approximate surface area is 179 Å². The first-order chi connectivity index (χ1) is 13.8. The molecule has 0 amide bonds. The largest absolute Gasteiger partial charge is 0.425 e. The minimum Gasteiger partial charge on any atom is -0.425 e. The fourth-order valence-electron chi connectivity index (χ4n) is 3.30. The summed E-state index contributed by atoms with van der Waals surface area (Å²) in [6.45, 7) is 7.91.